The van der Waals surface area contributed by atoms with E-state index in [2.05, 4.69) is 10.2 Å². The van der Waals surface area contributed by atoms with Crippen LogP contribution in [0.3, 0.4) is 0 Å². The molecule has 5 nitrogen and oxygen atoms in total. The van der Waals surface area contributed by atoms with Crippen molar-refractivity contribution in [2.75, 3.05) is 5.75 Å². The van der Waals surface area contributed by atoms with Crippen molar-refractivity contribution in [3.05, 3.63) is 71.1 Å². The van der Waals surface area contributed by atoms with Gasteiger partial charge in [0.15, 0.2) is 9.84 Å². The highest BCUT2D eigenvalue weighted by Crippen LogP contribution is 2.24. The molecule has 0 atom stereocenters. The molecule has 0 aliphatic rings. The van der Waals surface area contributed by atoms with Crippen molar-refractivity contribution in [2.24, 2.45) is 0 Å². The Morgan fingerprint density at radius 2 is 1.81 bits per heavy atom. The minimum atomic E-state index is -3.43. The van der Waals surface area contributed by atoms with Gasteiger partial charge in [0, 0.05) is 16.7 Å². The summed E-state index contributed by atoms with van der Waals surface area (Å²) in [5.74, 6) is 0.869. The lowest BCUT2D eigenvalue weighted by Gasteiger charge is -1.99. The molecule has 0 saturated heterocycles. The highest BCUT2D eigenvalue weighted by molar-refractivity contribution is 7.99. The average Bonchev–Trinajstić information content (AvgIpc) is 3.08. The summed E-state index contributed by atoms with van der Waals surface area (Å²) in [6, 6.07) is 14.6. The van der Waals surface area contributed by atoms with Crippen molar-refractivity contribution in [2.45, 2.75) is 24.0 Å². The Hall–Kier alpha value is -2.38. The fourth-order valence-electron chi connectivity index (χ4n) is 2.25. The summed E-state index contributed by atoms with van der Waals surface area (Å²) >= 11 is 1.29. The van der Waals surface area contributed by atoms with Crippen LogP contribution in [0.5, 0.6) is 0 Å². The predicted octanol–water partition coefficient (Wildman–Crippen LogP) is 4.43. The van der Waals surface area contributed by atoms with E-state index in [1.165, 1.54) is 17.2 Å². The van der Waals surface area contributed by atoms with Crippen molar-refractivity contribution in [1.29, 1.82) is 0 Å². The summed E-state index contributed by atoms with van der Waals surface area (Å²) in [6.07, 6.45) is 1.58. The van der Waals surface area contributed by atoms with E-state index in [-0.39, 0.29) is 4.90 Å². The zero-order chi connectivity index (χ0) is 18.6. The number of benzene rings is 2. The third-order valence-electron chi connectivity index (χ3n) is 3.60. The number of nitrogens with zero attached hydrogens (tertiary/aromatic N) is 2. The summed E-state index contributed by atoms with van der Waals surface area (Å²) < 4.78 is 30.1. The number of hydrogen-bond donors (Lipinski definition) is 0. The molecule has 7 heteroatoms. The standard InChI is InChI=1S/C19H18N2O3S2/c1-14-7-9-17(10-8-14)26(22,23)12-4-11-25-19-21-20-18(24-19)16-6-3-5-15(2)13-16/h3-10,12-13H,11H2,1-2H3/b12-4+. The van der Waals surface area contributed by atoms with Crippen molar-refractivity contribution in [1.82, 2.24) is 10.2 Å². The number of hydrogen-bond acceptors (Lipinski definition) is 6. The second kappa shape index (κ2) is 7.88. The average molecular weight is 386 g/mol. The van der Waals surface area contributed by atoms with Gasteiger partial charge in [0.1, 0.15) is 0 Å². The lowest BCUT2D eigenvalue weighted by atomic mass is 10.1. The number of sulfone groups is 1. The quantitative estimate of drug-likeness (QED) is 0.584. The molecule has 1 aromatic heterocycles. The Kier molecular flexibility index (Phi) is 5.58. The molecule has 0 unspecified atom stereocenters. The first kappa shape index (κ1) is 18.4. The van der Waals surface area contributed by atoms with Gasteiger partial charge in [-0.2, -0.15) is 0 Å². The molecule has 26 heavy (non-hydrogen) atoms. The van der Waals surface area contributed by atoms with Gasteiger partial charge in [0.05, 0.1) is 4.90 Å². The van der Waals surface area contributed by atoms with Crippen molar-refractivity contribution < 1.29 is 12.8 Å². The largest absolute Gasteiger partial charge is 0.411 e. The van der Waals surface area contributed by atoms with E-state index in [1.807, 2.05) is 38.1 Å². The molecule has 134 valence electrons. The van der Waals surface area contributed by atoms with Gasteiger partial charge < -0.3 is 4.42 Å². The molecule has 3 aromatic rings. The number of thioether (sulfide) groups is 1. The van der Waals surface area contributed by atoms with Gasteiger partial charge in [-0.3, -0.25) is 0 Å². The van der Waals surface area contributed by atoms with E-state index < -0.39 is 9.84 Å². The van der Waals surface area contributed by atoms with Gasteiger partial charge in [0.25, 0.3) is 5.22 Å². The van der Waals surface area contributed by atoms with Crippen molar-refractivity contribution in [3.63, 3.8) is 0 Å². The first-order chi connectivity index (χ1) is 12.4. The van der Waals surface area contributed by atoms with E-state index in [1.54, 1.807) is 30.3 Å². The van der Waals surface area contributed by atoms with Gasteiger partial charge in [-0.25, -0.2) is 8.42 Å². The molecule has 0 aliphatic heterocycles. The summed E-state index contributed by atoms with van der Waals surface area (Å²) in [6.45, 7) is 3.91. The maximum Gasteiger partial charge on any atom is 0.277 e. The first-order valence-corrected chi connectivity index (χ1v) is 10.5. The molecule has 0 N–H and O–H groups in total. The van der Waals surface area contributed by atoms with Crippen LogP contribution < -0.4 is 0 Å². The summed E-state index contributed by atoms with van der Waals surface area (Å²) in [5.41, 5.74) is 2.99. The minimum absolute atomic E-state index is 0.281. The van der Waals surface area contributed by atoms with Gasteiger partial charge >= 0.3 is 0 Å². The molecular formula is C19H18N2O3S2. The second-order valence-electron chi connectivity index (χ2n) is 5.78. The van der Waals surface area contributed by atoms with E-state index in [0.717, 1.165) is 16.7 Å². The summed E-state index contributed by atoms with van der Waals surface area (Å²) in [7, 11) is -3.43. The Morgan fingerprint density at radius 1 is 1.04 bits per heavy atom. The van der Waals surface area contributed by atoms with Crippen LogP contribution in [0.15, 0.2) is 74.6 Å². The van der Waals surface area contributed by atoms with E-state index >= 15 is 0 Å². The molecule has 0 amide bonds. The highest BCUT2D eigenvalue weighted by Gasteiger charge is 2.11. The normalized spacial score (nSPS) is 11.9. The van der Waals surface area contributed by atoms with Gasteiger partial charge in [0.2, 0.25) is 5.89 Å². The first-order valence-electron chi connectivity index (χ1n) is 7.96. The minimum Gasteiger partial charge on any atom is -0.411 e. The molecule has 0 bridgehead atoms. The fraction of sp³-hybridized carbons (Fsp3) is 0.158. The molecule has 0 fully saturated rings. The van der Waals surface area contributed by atoms with Crippen LogP contribution in [0.2, 0.25) is 0 Å². The van der Waals surface area contributed by atoms with Crippen LogP contribution in [0.25, 0.3) is 11.5 Å². The van der Waals surface area contributed by atoms with Crippen LogP contribution >= 0.6 is 11.8 Å². The fourth-order valence-corrected chi connectivity index (χ4v) is 3.97. The second-order valence-corrected chi connectivity index (χ2v) is 8.59. The van der Waals surface area contributed by atoms with Crippen LogP contribution in [0, 0.1) is 13.8 Å². The smallest absolute Gasteiger partial charge is 0.277 e. The number of aryl methyl sites for hydroxylation is 2. The zero-order valence-corrected chi connectivity index (χ0v) is 16.0. The van der Waals surface area contributed by atoms with Crippen molar-refractivity contribution >= 4 is 21.6 Å². The molecule has 1 heterocycles. The van der Waals surface area contributed by atoms with E-state index in [9.17, 15) is 8.42 Å². The zero-order valence-electron chi connectivity index (χ0n) is 14.4. The third kappa shape index (κ3) is 4.62. The highest BCUT2D eigenvalue weighted by atomic mass is 32.2. The van der Waals surface area contributed by atoms with Crippen LogP contribution in [0.4, 0.5) is 0 Å². The van der Waals surface area contributed by atoms with E-state index in [4.69, 9.17) is 4.42 Å². The maximum atomic E-state index is 12.2. The van der Waals surface area contributed by atoms with Crippen LogP contribution in [-0.2, 0) is 9.84 Å². The summed E-state index contributed by atoms with van der Waals surface area (Å²) in [4.78, 5) is 0.281. The third-order valence-corrected chi connectivity index (χ3v) is 5.85. The molecule has 0 radical (unpaired) electrons. The maximum absolute atomic E-state index is 12.2. The lowest BCUT2D eigenvalue weighted by Crippen LogP contribution is -1.96. The van der Waals surface area contributed by atoms with E-state index in [0.29, 0.717) is 16.9 Å². The van der Waals surface area contributed by atoms with Gasteiger partial charge in [-0.15, -0.1) is 10.2 Å². The topological polar surface area (TPSA) is 73.1 Å². The molecule has 2 aromatic carbocycles. The number of aromatic nitrogens is 2. The Labute approximate surface area is 157 Å². The Balaban J connectivity index is 1.61. The lowest BCUT2D eigenvalue weighted by molar-refractivity contribution is 0.466. The SMILES string of the molecule is Cc1ccc(S(=O)(=O)/C=C/CSc2nnc(-c3cccc(C)c3)o2)cc1. The van der Waals surface area contributed by atoms with Crippen LogP contribution in [-0.4, -0.2) is 24.4 Å². The van der Waals surface area contributed by atoms with Crippen molar-refractivity contribution in [3.8, 4) is 11.5 Å². The molecule has 3 rings (SSSR count). The molecule has 0 aliphatic carbocycles. The van der Waals surface area contributed by atoms with Gasteiger partial charge in [-0.05, 0) is 38.1 Å². The monoisotopic (exact) mass is 386 g/mol. The summed E-state index contributed by atoms with van der Waals surface area (Å²) in [5, 5.41) is 9.63. The van der Waals surface area contributed by atoms with Gasteiger partial charge in [-0.1, -0.05) is 53.2 Å². The molecule has 0 saturated carbocycles. The predicted molar refractivity (Wildman–Crippen MR) is 103 cm³/mol. The Bertz CT molecular complexity index is 1020. The Morgan fingerprint density at radius 3 is 2.54 bits per heavy atom. The molecular weight excluding hydrogens is 368 g/mol. The number of rotatable bonds is 6. The van der Waals surface area contributed by atoms with Crippen LogP contribution in [0.1, 0.15) is 11.1 Å². The molecule has 0 spiro atoms.